The normalized spacial score (nSPS) is 11.7. The van der Waals surface area contributed by atoms with E-state index in [0.29, 0.717) is 10.4 Å². The van der Waals surface area contributed by atoms with Gasteiger partial charge in [0.25, 0.3) is 10.0 Å². The number of hydrogen-bond acceptors (Lipinski definition) is 6. The minimum atomic E-state index is -4.73. The third-order valence-corrected chi connectivity index (χ3v) is 8.01. The number of hydrogen-bond donors (Lipinski definition) is 1. The van der Waals surface area contributed by atoms with E-state index in [1.165, 1.54) is 38.5 Å². The number of anilines is 1. The zero-order valence-electron chi connectivity index (χ0n) is 22.3. The highest BCUT2D eigenvalue weighted by Crippen LogP contribution is 2.35. The first-order valence-corrected chi connectivity index (χ1v) is 13.7. The Kier molecular flexibility index (Phi) is 8.57. The number of benzene rings is 3. The van der Waals surface area contributed by atoms with E-state index in [0.717, 1.165) is 29.2 Å². The van der Waals surface area contributed by atoms with E-state index in [1.54, 1.807) is 24.5 Å². The number of halogens is 3. The maximum atomic E-state index is 13.8. The van der Waals surface area contributed by atoms with Gasteiger partial charge in [-0.3, -0.25) is 9.10 Å². The molecule has 0 saturated heterocycles. The highest BCUT2D eigenvalue weighted by molar-refractivity contribution is 7.92. The molecule has 1 N–H and O–H groups in total. The molecule has 1 aromatic heterocycles. The number of amides is 1. The minimum absolute atomic E-state index is 0.0272. The van der Waals surface area contributed by atoms with Crippen LogP contribution in [0.3, 0.4) is 0 Å². The summed E-state index contributed by atoms with van der Waals surface area (Å²) in [5.41, 5.74) is 0.0811. The van der Waals surface area contributed by atoms with Gasteiger partial charge in [-0.05, 0) is 48.9 Å². The van der Waals surface area contributed by atoms with Gasteiger partial charge in [-0.25, -0.2) is 13.4 Å². The van der Waals surface area contributed by atoms with Crippen molar-refractivity contribution in [2.75, 3.05) is 25.1 Å². The van der Waals surface area contributed by atoms with E-state index in [1.807, 2.05) is 23.6 Å². The monoisotopic (exact) mass is 588 g/mol. The van der Waals surface area contributed by atoms with Crippen LogP contribution < -0.4 is 19.1 Å². The van der Waals surface area contributed by atoms with Gasteiger partial charge < -0.3 is 19.4 Å². The molecule has 13 heteroatoms. The van der Waals surface area contributed by atoms with Crippen LogP contribution in [0.4, 0.5) is 18.9 Å². The van der Waals surface area contributed by atoms with Gasteiger partial charge in [0.05, 0.1) is 36.1 Å². The Morgan fingerprint density at radius 1 is 1.00 bits per heavy atom. The molecule has 9 nitrogen and oxygen atoms in total. The number of alkyl halides is 3. The molecule has 0 unspecified atom stereocenters. The predicted molar refractivity (Wildman–Crippen MR) is 146 cm³/mol. The number of carbonyl (C=O) groups is 1. The molecule has 4 aromatic rings. The molecule has 0 bridgehead atoms. The fourth-order valence-corrected chi connectivity index (χ4v) is 5.59. The lowest BCUT2D eigenvalue weighted by atomic mass is 10.1. The molecule has 0 aliphatic carbocycles. The zero-order chi connectivity index (χ0) is 29.8. The fraction of sp³-hybridized carbons (Fsp3) is 0.214. The summed E-state index contributed by atoms with van der Waals surface area (Å²) in [6.45, 7) is 1.06. The van der Waals surface area contributed by atoms with Crippen molar-refractivity contribution in [2.24, 2.45) is 0 Å². The lowest BCUT2D eigenvalue weighted by Crippen LogP contribution is -2.41. The summed E-state index contributed by atoms with van der Waals surface area (Å²) in [4.78, 5) is 17.1. The van der Waals surface area contributed by atoms with E-state index in [9.17, 15) is 26.4 Å². The third kappa shape index (κ3) is 6.46. The van der Waals surface area contributed by atoms with Gasteiger partial charge in [0.15, 0.2) is 11.5 Å². The van der Waals surface area contributed by atoms with Gasteiger partial charge in [0.2, 0.25) is 5.91 Å². The molecule has 3 aromatic carbocycles. The van der Waals surface area contributed by atoms with Crippen molar-refractivity contribution in [3.63, 3.8) is 0 Å². The van der Waals surface area contributed by atoms with Gasteiger partial charge in [0.1, 0.15) is 12.4 Å². The molecule has 0 fully saturated rings. The number of nitrogens with zero attached hydrogens (tertiary/aromatic N) is 3. The van der Waals surface area contributed by atoms with Crippen molar-refractivity contribution >= 4 is 21.6 Å². The van der Waals surface area contributed by atoms with Crippen LogP contribution in [-0.2, 0) is 27.5 Å². The first-order valence-electron chi connectivity index (χ1n) is 12.2. The number of sulfonamides is 1. The third-order valence-electron chi connectivity index (χ3n) is 6.24. The van der Waals surface area contributed by atoms with E-state index < -0.39 is 34.2 Å². The molecule has 0 aliphatic heterocycles. The molecule has 216 valence electrons. The number of aromatic nitrogens is 2. The molecule has 0 spiro atoms. The summed E-state index contributed by atoms with van der Waals surface area (Å²) >= 11 is 0. The van der Waals surface area contributed by atoms with E-state index in [4.69, 9.17) is 9.47 Å². The second-order valence-electron chi connectivity index (χ2n) is 8.83. The Labute approximate surface area is 235 Å². The second-order valence-corrected chi connectivity index (χ2v) is 10.7. The number of para-hydroxylation sites is 1. The van der Waals surface area contributed by atoms with E-state index in [-0.39, 0.29) is 28.6 Å². The van der Waals surface area contributed by atoms with E-state index >= 15 is 0 Å². The van der Waals surface area contributed by atoms with Crippen LogP contribution in [0, 0.1) is 6.92 Å². The lowest BCUT2D eigenvalue weighted by molar-refractivity contribution is -0.137. The number of aryl methyl sites for hydroxylation is 1. The van der Waals surface area contributed by atoms with Crippen molar-refractivity contribution in [1.29, 1.82) is 0 Å². The van der Waals surface area contributed by atoms with Crippen LogP contribution in [0.5, 0.6) is 11.5 Å². The largest absolute Gasteiger partial charge is 0.493 e. The predicted octanol–water partition coefficient (Wildman–Crippen LogP) is 4.73. The van der Waals surface area contributed by atoms with Gasteiger partial charge in [-0.15, -0.1) is 0 Å². The molecule has 0 radical (unpaired) electrons. The summed E-state index contributed by atoms with van der Waals surface area (Å²) in [5.74, 6) is 0.333. The minimum Gasteiger partial charge on any atom is -0.493 e. The maximum absolute atomic E-state index is 13.8. The van der Waals surface area contributed by atoms with Crippen molar-refractivity contribution in [2.45, 2.75) is 24.5 Å². The molecule has 0 atom stereocenters. The highest BCUT2D eigenvalue weighted by atomic mass is 32.2. The van der Waals surface area contributed by atoms with Gasteiger partial charge in [-0.2, -0.15) is 13.2 Å². The maximum Gasteiger partial charge on any atom is 0.416 e. The van der Waals surface area contributed by atoms with Gasteiger partial charge in [0, 0.05) is 25.0 Å². The van der Waals surface area contributed by atoms with Crippen molar-refractivity contribution in [3.8, 4) is 17.2 Å². The molecule has 1 amide bonds. The van der Waals surface area contributed by atoms with Crippen molar-refractivity contribution in [1.82, 2.24) is 14.9 Å². The van der Waals surface area contributed by atoms with Gasteiger partial charge >= 0.3 is 6.18 Å². The van der Waals surface area contributed by atoms with Crippen LogP contribution in [0.1, 0.15) is 17.0 Å². The first-order chi connectivity index (χ1) is 19.5. The SMILES string of the molecule is COc1ccc(S(=O)(=O)N(CC(=O)NCc2ccccc2-n2ccnc2C)c2cccc(C(F)(F)F)c2)cc1OC. The Hall–Kier alpha value is -4.52. The summed E-state index contributed by atoms with van der Waals surface area (Å²) in [6, 6.07) is 14.8. The van der Waals surface area contributed by atoms with Crippen LogP contribution in [0.15, 0.2) is 84.0 Å². The summed E-state index contributed by atoms with van der Waals surface area (Å²) < 4.78 is 80.9. The highest BCUT2D eigenvalue weighted by Gasteiger charge is 2.33. The average Bonchev–Trinajstić information content (AvgIpc) is 3.39. The summed E-state index contributed by atoms with van der Waals surface area (Å²) in [7, 11) is -1.86. The lowest BCUT2D eigenvalue weighted by Gasteiger charge is -2.25. The second kappa shape index (κ2) is 11.9. The topological polar surface area (TPSA) is 103 Å². The Morgan fingerprint density at radius 3 is 2.39 bits per heavy atom. The quantitative estimate of drug-likeness (QED) is 0.288. The first kappa shape index (κ1) is 29.5. The van der Waals surface area contributed by atoms with Gasteiger partial charge in [-0.1, -0.05) is 24.3 Å². The number of carbonyl (C=O) groups excluding carboxylic acids is 1. The number of rotatable bonds is 10. The summed E-state index contributed by atoms with van der Waals surface area (Å²) in [6.07, 6.45) is -1.33. The number of nitrogens with one attached hydrogen (secondary N) is 1. The van der Waals surface area contributed by atoms with E-state index in [2.05, 4.69) is 10.3 Å². The average molecular weight is 589 g/mol. The van der Waals surface area contributed by atoms with Crippen LogP contribution in [0.2, 0.25) is 0 Å². The standard InChI is InChI=1S/C28H27F3N4O5S/c1-19-32-13-14-34(19)24-10-5-4-7-20(24)17-33-27(36)18-35(22-9-6-8-21(15-22)28(29,30)31)41(37,38)23-11-12-25(39-2)26(16-23)40-3/h4-16H,17-18H2,1-3H3,(H,33,36). The fourth-order valence-electron chi connectivity index (χ4n) is 4.16. The van der Waals surface area contributed by atoms with Crippen molar-refractivity contribution < 1.29 is 35.9 Å². The molecule has 0 saturated carbocycles. The zero-order valence-corrected chi connectivity index (χ0v) is 23.2. The van der Waals surface area contributed by atoms with Crippen LogP contribution in [-0.4, -0.2) is 44.6 Å². The Balaban J connectivity index is 1.67. The number of methoxy groups -OCH3 is 2. The number of ether oxygens (including phenoxy) is 2. The van der Waals surface area contributed by atoms with Crippen molar-refractivity contribution in [3.05, 3.63) is 96.1 Å². The smallest absolute Gasteiger partial charge is 0.416 e. The summed E-state index contributed by atoms with van der Waals surface area (Å²) in [5, 5.41) is 2.68. The Bertz CT molecular complexity index is 1650. The Morgan fingerprint density at radius 2 is 1.73 bits per heavy atom. The molecule has 41 heavy (non-hydrogen) atoms. The van der Waals surface area contributed by atoms with Crippen LogP contribution in [0.25, 0.3) is 5.69 Å². The molecule has 0 aliphatic rings. The molecular weight excluding hydrogens is 561 g/mol. The van der Waals surface area contributed by atoms with Crippen LogP contribution >= 0.6 is 0 Å². The molecule has 4 rings (SSSR count). The molecule has 1 heterocycles. The molecular formula is C28H27F3N4O5S. The number of imidazole rings is 1.